The van der Waals surface area contributed by atoms with Crippen LogP contribution in [0.1, 0.15) is 0 Å². The van der Waals surface area contributed by atoms with Crippen LogP contribution in [0.4, 0.5) is 5.95 Å². The molecule has 5 heteroatoms. The molecule has 0 aliphatic rings. The highest BCUT2D eigenvalue weighted by Gasteiger charge is 2.12. The predicted molar refractivity (Wildman–Crippen MR) is 85.8 cm³/mol. The molecule has 4 rings (SSSR count). The Morgan fingerprint density at radius 1 is 1.10 bits per heavy atom. The number of halogens is 1. The van der Waals surface area contributed by atoms with Crippen molar-refractivity contribution in [3.63, 3.8) is 0 Å². The molecule has 0 unspecified atom stereocenters. The first-order chi connectivity index (χ1) is 10.2. The third-order valence-corrected chi connectivity index (χ3v) is 3.78. The van der Waals surface area contributed by atoms with E-state index >= 15 is 0 Å². The number of nitrogen functional groups attached to an aromatic ring is 1. The van der Waals surface area contributed by atoms with E-state index in [4.69, 9.17) is 17.3 Å². The normalized spacial score (nSPS) is 11.3. The lowest BCUT2D eigenvalue weighted by Gasteiger charge is -2.10. The molecule has 21 heavy (non-hydrogen) atoms. The van der Waals surface area contributed by atoms with E-state index in [9.17, 15) is 0 Å². The smallest absolute Gasteiger partial charge is 0.205 e. The van der Waals surface area contributed by atoms with Gasteiger partial charge in [-0.1, -0.05) is 23.7 Å². The van der Waals surface area contributed by atoms with Gasteiger partial charge in [0.25, 0.3) is 0 Å². The van der Waals surface area contributed by atoms with Crippen molar-refractivity contribution in [3.8, 4) is 5.69 Å². The van der Waals surface area contributed by atoms with Crippen LogP contribution in [0, 0.1) is 0 Å². The predicted octanol–water partition coefficient (Wildman–Crippen LogP) is 3.81. The Hall–Kier alpha value is -2.59. The topological polar surface area (TPSA) is 56.7 Å². The number of aromatic nitrogens is 3. The van der Waals surface area contributed by atoms with Crippen LogP contribution in [0.25, 0.3) is 27.5 Å². The quantitative estimate of drug-likeness (QED) is 0.581. The van der Waals surface area contributed by atoms with Gasteiger partial charge in [-0.15, -0.1) is 0 Å². The second-order valence-electron chi connectivity index (χ2n) is 4.81. The summed E-state index contributed by atoms with van der Waals surface area (Å²) in [5.74, 6) is 0.434. The number of pyridine rings is 1. The number of nitrogens with zero attached hydrogens (tertiary/aromatic N) is 3. The molecular weight excluding hydrogens is 284 g/mol. The molecule has 2 aromatic carbocycles. The molecule has 0 aliphatic carbocycles. The van der Waals surface area contributed by atoms with Gasteiger partial charge in [-0.25, -0.2) is 4.98 Å². The molecular formula is C16H11ClN4. The largest absolute Gasteiger partial charge is 0.369 e. The molecule has 0 aliphatic heterocycles. The van der Waals surface area contributed by atoms with Crippen LogP contribution in [0.5, 0.6) is 0 Å². The molecule has 0 spiro atoms. The van der Waals surface area contributed by atoms with E-state index in [-0.39, 0.29) is 0 Å². The van der Waals surface area contributed by atoms with Crippen molar-refractivity contribution in [3.05, 3.63) is 59.9 Å². The highest BCUT2D eigenvalue weighted by molar-refractivity contribution is 6.31. The number of fused-ring (bicyclic) bond motifs is 2. The zero-order chi connectivity index (χ0) is 14.4. The number of imidazole rings is 1. The van der Waals surface area contributed by atoms with Crippen LogP contribution < -0.4 is 5.73 Å². The fraction of sp³-hybridized carbons (Fsp3) is 0. The molecule has 4 nitrogen and oxygen atoms in total. The van der Waals surface area contributed by atoms with E-state index in [2.05, 4.69) is 9.97 Å². The van der Waals surface area contributed by atoms with Crippen molar-refractivity contribution < 1.29 is 0 Å². The third-order valence-electron chi connectivity index (χ3n) is 3.54. The molecule has 0 bridgehead atoms. The van der Waals surface area contributed by atoms with Gasteiger partial charge in [0, 0.05) is 22.8 Å². The average Bonchev–Trinajstić information content (AvgIpc) is 2.82. The lowest BCUT2D eigenvalue weighted by atomic mass is 10.1. The van der Waals surface area contributed by atoms with E-state index in [1.165, 1.54) is 0 Å². The molecule has 2 aromatic heterocycles. The van der Waals surface area contributed by atoms with Crippen molar-refractivity contribution in [2.24, 2.45) is 0 Å². The van der Waals surface area contributed by atoms with Crippen LogP contribution in [0.3, 0.4) is 0 Å². The van der Waals surface area contributed by atoms with Crippen molar-refractivity contribution in [2.45, 2.75) is 0 Å². The first kappa shape index (κ1) is 12.2. The second kappa shape index (κ2) is 4.46. The highest BCUT2D eigenvalue weighted by atomic mass is 35.5. The summed E-state index contributed by atoms with van der Waals surface area (Å²) < 4.78 is 1.91. The maximum absolute atomic E-state index is 6.11. The Kier molecular flexibility index (Phi) is 2.59. The molecule has 0 amide bonds. The van der Waals surface area contributed by atoms with Crippen molar-refractivity contribution >= 4 is 39.4 Å². The summed E-state index contributed by atoms with van der Waals surface area (Å²) in [5, 5.41) is 2.78. The van der Waals surface area contributed by atoms with Gasteiger partial charge in [0.2, 0.25) is 5.95 Å². The van der Waals surface area contributed by atoms with E-state index in [1.54, 1.807) is 6.20 Å². The van der Waals surface area contributed by atoms with E-state index in [1.807, 2.05) is 53.2 Å². The Bertz CT molecular complexity index is 969. The number of benzene rings is 2. The summed E-state index contributed by atoms with van der Waals surface area (Å²) >= 11 is 6.11. The minimum absolute atomic E-state index is 0.434. The third kappa shape index (κ3) is 1.84. The first-order valence-corrected chi connectivity index (χ1v) is 6.88. The number of hydrogen-bond donors (Lipinski definition) is 1. The van der Waals surface area contributed by atoms with Gasteiger partial charge in [-0.2, -0.15) is 0 Å². The van der Waals surface area contributed by atoms with Gasteiger partial charge in [0.05, 0.1) is 16.7 Å². The lowest BCUT2D eigenvalue weighted by molar-refractivity contribution is 1.12. The maximum atomic E-state index is 6.11. The summed E-state index contributed by atoms with van der Waals surface area (Å²) in [7, 11) is 0. The standard InChI is InChI=1S/C16H11ClN4/c17-11-4-5-13-15(8-11)21(16(18)20-13)14-3-1-2-10-6-7-19-9-12(10)14/h1-9H,(H2,18,20). The molecule has 0 radical (unpaired) electrons. The molecule has 2 N–H and O–H groups in total. The Labute approximate surface area is 125 Å². The monoisotopic (exact) mass is 294 g/mol. The SMILES string of the molecule is Nc1nc2ccc(Cl)cc2n1-c1cccc2ccncc12. The van der Waals surface area contributed by atoms with Crippen LogP contribution in [-0.4, -0.2) is 14.5 Å². The number of nitrogens with two attached hydrogens (primary N) is 1. The van der Waals surface area contributed by atoms with Gasteiger partial charge in [0.1, 0.15) is 0 Å². The zero-order valence-corrected chi connectivity index (χ0v) is 11.7. The van der Waals surface area contributed by atoms with Gasteiger partial charge in [-0.3, -0.25) is 9.55 Å². The van der Waals surface area contributed by atoms with E-state index < -0.39 is 0 Å². The zero-order valence-electron chi connectivity index (χ0n) is 11.0. The number of rotatable bonds is 1. The number of anilines is 1. The van der Waals surface area contributed by atoms with E-state index in [0.29, 0.717) is 11.0 Å². The summed E-state index contributed by atoms with van der Waals surface area (Å²) in [6, 6.07) is 13.6. The van der Waals surface area contributed by atoms with Crippen molar-refractivity contribution in [1.82, 2.24) is 14.5 Å². The van der Waals surface area contributed by atoms with Gasteiger partial charge in [-0.05, 0) is 35.7 Å². The second-order valence-corrected chi connectivity index (χ2v) is 5.25. The van der Waals surface area contributed by atoms with Gasteiger partial charge >= 0.3 is 0 Å². The molecule has 102 valence electrons. The molecule has 0 fully saturated rings. The van der Waals surface area contributed by atoms with Crippen LogP contribution in [-0.2, 0) is 0 Å². The average molecular weight is 295 g/mol. The van der Waals surface area contributed by atoms with Crippen LogP contribution in [0.15, 0.2) is 54.9 Å². The highest BCUT2D eigenvalue weighted by Crippen LogP contribution is 2.29. The summed E-state index contributed by atoms with van der Waals surface area (Å²) in [5.41, 5.74) is 8.76. The molecule has 0 saturated heterocycles. The molecule has 0 atom stereocenters. The Morgan fingerprint density at radius 3 is 2.90 bits per heavy atom. The van der Waals surface area contributed by atoms with E-state index in [0.717, 1.165) is 27.5 Å². The molecule has 2 heterocycles. The first-order valence-electron chi connectivity index (χ1n) is 6.50. The fourth-order valence-electron chi connectivity index (χ4n) is 2.61. The van der Waals surface area contributed by atoms with Crippen LogP contribution >= 0.6 is 11.6 Å². The Morgan fingerprint density at radius 2 is 2.00 bits per heavy atom. The maximum Gasteiger partial charge on any atom is 0.205 e. The Balaban J connectivity index is 2.14. The fourth-order valence-corrected chi connectivity index (χ4v) is 2.78. The minimum atomic E-state index is 0.434. The molecule has 4 aromatic rings. The molecule has 0 saturated carbocycles. The van der Waals surface area contributed by atoms with Gasteiger partial charge < -0.3 is 5.73 Å². The van der Waals surface area contributed by atoms with Crippen LogP contribution in [0.2, 0.25) is 5.02 Å². The van der Waals surface area contributed by atoms with Gasteiger partial charge in [0.15, 0.2) is 0 Å². The lowest BCUT2D eigenvalue weighted by Crippen LogP contribution is -2.01. The summed E-state index contributed by atoms with van der Waals surface area (Å²) in [4.78, 5) is 8.61. The van der Waals surface area contributed by atoms with Crippen molar-refractivity contribution in [2.75, 3.05) is 5.73 Å². The summed E-state index contributed by atoms with van der Waals surface area (Å²) in [6.07, 6.45) is 3.61. The van der Waals surface area contributed by atoms with Crippen molar-refractivity contribution in [1.29, 1.82) is 0 Å². The number of hydrogen-bond acceptors (Lipinski definition) is 3. The summed E-state index contributed by atoms with van der Waals surface area (Å²) in [6.45, 7) is 0. The minimum Gasteiger partial charge on any atom is -0.369 e.